The van der Waals surface area contributed by atoms with Crippen molar-refractivity contribution in [2.45, 2.75) is 0 Å². The summed E-state index contributed by atoms with van der Waals surface area (Å²) in [6.07, 6.45) is 0.979. The Balaban J connectivity index is 2.53. The van der Waals surface area contributed by atoms with Crippen LogP contribution in [0.15, 0.2) is 12.0 Å². The van der Waals surface area contributed by atoms with Gasteiger partial charge in [-0.2, -0.15) is 0 Å². The molecule has 5 nitrogen and oxygen atoms in total. The van der Waals surface area contributed by atoms with Gasteiger partial charge < -0.3 is 10.2 Å². The summed E-state index contributed by atoms with van der Waals surface area (Å²) >= 11 is 0. The van der Waals surface area contributed by atoms with Crippen molar-refractivity contribution in [3.63, 3.8) is 0 Å². The number of nitro groups is 1. The van der Waals surface area contributed by atoms with Gasteiger partial charge in [0.1, 0.15) is 0 Å². The van der Waals surface area contributed by atoms with Crippen molar-refractivity contribution in [2.75, 3.05) is 20.1 Å². The first-order chi connectivity index (χ1) is 4.74. The monoisotopic (exact) mass is 143 g/mol. The highest BCUT2D eigenvalue weighted by atomic mass is 16.6. The predicted molar refractivity (Wildman–Crippen MR) is 35.7 cm³/mol. The highest BCUT2D eigenvalue weighted by Gasteiger charge is 2.21. The molecule has 0 aliphatic carbocycles. The van der Waals surface area contributed by atoms with Crippen LogP contribution >= 0.6 is 0 Å². The molecule has 1 rings (SSSR count). The van der Waals surface area contributed by atoms with Crippen molar-refractivity contribution in [3.05, 3.63) is 22.1 Å². The maximum atomic E-state index is 9.96. The van der Waals surface area contributed by atoms with E-state index in [0.717, 1.165) is 19.3 Å². The molecule has 0 amide bonds. The smallest absolute Gasteiger partial charge is 0.274 e. The fourth-order valence-electron chi connectivity index (χ4n) is 0.695. The van der Waals surface area contributed by atoms with Crippen LogP contribution in [0.25, 0.3) is 0 Å². The molecule has 1 aliphatic rings. The number of rotatable bonds is 3. The van der Waals surface area contributed by atoms with E-state index < -0.39 is 4.92 Å². The molecule has 0 spiro atoms. The summed E-state index contributed by atoms with van der Waals surface area (Å²) in [6, 6.07) is 0. The van der Waals surface area contributed by atoms with Gasteiger partial charge in [0.25, 0.3) is 6.20 Å². The maximum Gasteiger partial charge on any atom is 0.274 e. The quantitative estimate of drug-likeness (QED) is 0.331. The Kier molecular flexibility index (Phi) is 1.75. The second kappa shape index (κ2) is 2.55. The van der Waals surface area contributed by atoms with Crippen LogP contribution in [0.1, 0.15) is 0 Å². The molecule has 5 heteroatoms. The molecule has 10 heavy (non-hydrogen) atoms. The van der Waals surface area contributed by atoms with Gasteiger partial charge in [0.15, 0.2) is 5.82 Å². The number of nitrogens with zero attached hydrogens (tertiary/aromatic N) is 2. The molecule has 1 N–H and O–H groups in total. The highest BCUT2D eigenvalue weighted by Crippen LogP contribution is 2.10. The zero-order chi connectivity index (χ0) is 7.56. The molecule has 0 aromatic rings. The summed E-state index contributed by atoms with van der Waals surface area (Å²) in [5, 5.41) is 12.7. The lowest BCUT2D eigenvalue weighted by atomic mass is 10.7. The minimum atomic E-state index is -0.454. The molecule has 1 aliphatic heterocycles. The Labute approximate surface area is 58.5 Å². The molecule has 0 saturated carbocycles. The summed E-state index contributed by atoms with van der Waals surface area (Å²) in [6.45, 7) is 1.83. The van der Waals surface area contributed by atoms with Gasteiger partial charge in [-0.05, 0) is 0 Å². The maximum absolute atomic E-state index is 9.96. The summed E-state index contributed by atoms with van der Waals surface area (Å²) in [4.78, 5) is 11.4. The van der Waals surface area contributed by atoms with Gasteiger partial charge in [0.2, 0.25) is 0 Å². The van der Waals surface area contributed by atoms with Crippen LogP contribution < -0.4 is 5.32 Å². The first-order valence-electron chi connectivity index (χ1n) is 3.02. The Morgan fingerprint density at radius 1 is 1.80 bits per heavy atom. The van der Waals surface area contributed by atoms with Crippen molar-refractivity contribution < 1.29 is 4.92 Å². The van der Waals surface area contributed by atoms with Gasteiger partial charge in [-0.3, -0.25) is 10.1 Å². The molecule has 1 heterocycles. The summed E-state index contributed by atoms with van der Waals surface area (Å²) in [5.74, 6) is 0.588. The van der Waals surface area contributed by atoms with Crippen LogP contribution in [0.5, 0.6) is 0 Å². The van der Waals surface area contributed by atoms with E-state index in [1.54, 1.807) is 7.05 Å². The summed E-state index contributed by atoms with van der Waals surface area (Å²) < 4.78 is 0. The second-order valence-corrected chi connectivity index (χ2v) is 2.04. The Bertz CT molecular complexity index is 174. The lowest BCUT2D eigenvalue weighted by Gasteiger charge is -2.02. The van der Waals surface area contributed by atoms with Crippen molar-refractivity contribution in [1.82, 2.24) is 10.2 Å². The molecule has 1 fully saturated rings. The first-order valence-corrected chi connectivity index (χ1v) is 3.02. The largest absolute Gasteiger partial charge is 0.370 e. The normalized spacial score (nSPS) is 16.9. The third-order valence-corrected chi connectivity index (χ3v) is 1.27. The average molecular weight is 143 g/mol. The molecule has 0 bridgehead atoms. The van der Waals surface area contributed by atoms with Crippen LogP contribution in [0.2, 0.25) is 0 Å². The van der Waals surface area contributed by atoms with Crippen molar-refractivity contribution in [2.24, 2.45) is 0 Å². The third kappa shape index (κ3) is 1.61. The van der Waals surface area contributed by atoms with E-state index in [4.69, 9.17) is 0 Å². The Hall–Kier alpha value is -1.26. The molecule has 0 aromatic heterocycles. The van der Waals surface area contributed by atoms with E-state index in [0.29, 0.717) is 5.82 Å². The van der Waals surface area contributed by atoms with Crippen LogP contribution in [-0.2, 0) is 0 Å². The van der Waals surface area contributed by atoms with Gasteiger partial charge in [0.05, 0.1) is 4.92 Å². The fourth-order valence-corrected chi connectivity index (χ4v) is 0.695. The third-order valence-electron chi connectivity index (χ3n) is 1.27. The van der Waals surface area contributed by atoms with Crippen LogP contribution in [0.4, 0.5) is 0 Å². The van der Waals surface area contributed by atoms with Gasteiger partial charge in [-0.1, -0.05) is 0 Å². The van der Waals surface area contributed by atoms with E-state index in [-0.39, 0.29) is 0 Å². The molecular formula is C5H9N3O2. The fraction of sp³-hybridized carbons (Fsp3) is 0.600. The zero-order valence-electron chi connectivity index (χ0n) is 5.70. The molecule has 0 atom stereocenters. The van der Waals surface area contributed by atoms with Gasteiger partial charge in [-0.15, -0.1) is 0 Å². The van der Waals surface area contributed by atoms with E-state index in [2.05, 4.69) is 5.32 Å². The standard InChI is InChI=1S/C5H9N3O2/c1-6-5(4-8(9)10)7-2-3-7/h4,6H,2-3H2,1H3. The summed E-state index contributed by atoms with van der Waals surface area (Å²) in [7, 11) is 1.67. The van der Waals surface area contributed by atoms with E-state index in [9.17, 15) is 10.1 Å². The minimum Gasteiger partial charge on any atom is -0.370 e. The van der Waals surface area contributed by atoms with E-state index in [1.807, 2.05) is 4.90 Å². The van der Waals surface area contributed by atoms with E-state index in [1.165, 1.54) is 0 Å². The Morgan fingerprint density at radius 3 is 2.70 bits per heavy atom. The molecule has 56 valence electrons. The second-order valence-electron chi connectivity index (χ2n) is 2.04. The van der Waals surface area contributed by atoms with Crippen LogP contribution in [0, 0.1) is 10.1 Å². The zero-order valence-corrected chi connectivity index (χ0v) is 5.70. The SMILES string of the molecule is CNC(=C[N+](=O)[O-])N1CC1. The number of hydrogen-bond donors (Lipinski definition) is 1. The number of nitrogens with one attached hydrogen (secondary N) is 1. The Morgan fingerprint density at radius 2 is 2.40 bits per heavy atom. The topological polar surface area (TPSA) is 58.2 Å². The van der Waals surface area contributed by atoms with Gasteiger partial charge in [-0.25, -0.2) is 0 Å². The summed E-state index contributed by atoms with van der Waals surface area (Å²) in [5.41, 5.74) is 0. The molecule has 0 unspecified atom stereocenters. The van der Waals surface area contributed by atoms with E-state index >= 15 is 0 Å². The first kappa shape index (κ1) is 6.85. The van der Waals surface area contributed by atoms with Crippen molar-refractivity contribution in [3.8, 4) is 0 Å². The molecular weight excluding hydrogens is 134 g/mol. The molecule has 0 aromatic carbocycles. The average Bonchev–Trinajstić information content (AvgIpc) is 2.63. The minimum absolute atomic E-state index is 0.454. The van der Waals surface area contributed by atoms with Crippen LogP contribution in [-0.4, -0.2) is 30.0 Å². The van der Waals surface area contributed by atoms with Crippen molar-refractivity contribution in [1.29, 1.82) is 0 Å². The molecule has 0 radical (unpaired) electrons. The highest BCUT2D eigenvalue weighted by molar-refractivity contribution is 5.00. The lowest BCUT2D eigenvalue weighted by molar-refractivity contribution is -0.404. The lowest BCUT2D eigenvalue weighted by Crippen LogP contribution is -2.15. The van der Waals surface area contributed by atoms with Gasteiger partial charge >= 0.3 is 0 Å². The molecule has 1 saturated heterocycles. The predicted octanol–water partition coefficient (Wildman–Crippen LogP) is -0.403. The number of hydrogen-bond acceptors (Lipinski definition) is 4. The van der Waals surface area contributed by atoms with Gasteiger partial charge in [0, 0.05) is 20.1 Å². The van der Waals surface area contributed by atoms with Crippen molar-refractivity contribution >= 4 is 0 Å². The van der Waals surface area contributed by atoms with Crippen LogP contribution in [0.3, 0.4) is 0 Å².